The Bertz CT molecular complexity index is 1740. The van der Waals surface area contributed by atoms with Crippen molar-refractivity contribution in [2.45, 2.75) is 11.4 Å². The van der Waals surface area contributed by atoms with Gasteiger partial charge in [-0.1, -0.05) is 36.4 Å². The van der Waals surface area contributed by atoms with Gasteiger partial charge in [-0.3, -0.25) is 9.59 Å². The van der Waals surface area contributed by atoms with Gasteiger partial charge in [0.2, 0.25) is 0 Å². The molecule has 4 aromatic rings. The van der Waals surface area contributed by atoms with Gasteiger partial charge in [0.05, 0.1) is 16.5 Å². The maximum absolute atomic E-state index is 13.3. The molecule has 1 heterocycles. The molecule has 0 aromatic heterocycles. The number of rotatable bonds is 0. The van der Waals surface area contributed by atoms with E-state index < -0.39 is 17.3 Å². The average Bonchev–Trinajstić information content (AvgIpc) is 3.27. The molecule has 2 atom stereocenters. The second kappa shape index (κ2) is 5.79. The van der Waals surface area contributed by atoms with Gasteiger partial charge in [-0.2, -0.15) is 0 Å². The van der Waals surface area contributed by atoms with Crippen molar-refractivity contribution < 1.29 is 29.3 Å². The van der Waals surface area contributed by atoms with Crippen LogP contribution in [-0.2, 0) is 16.2 Å². The van der Waals surface area contributed by atoms with Crippen LogP contribution in [0, 0.1) is 5.92 Å². The quantitative estimate of drug-likeness (QED) is 0.402. The van der Waals surface area contributed by atoms with Crippen LogP contribution in [0.5, 0.6) is 17.2 Å². The van der Waals surface area contributed by atoms with Crippen LogP contribution in [0.25, 0.3) is 27.6 Å². The SMILES string of the molecule is O=C1C=Cc2cc3c(c4ccc(O)c1c24)C1(Oc2cccc4cccc(c24)O1)C1C(=O)C=CC31O. The summed E-state index contributed by atoms with van der Waals surface area (Å²) in [5.74, 6) is -2.45. The molecule has 2 unspecified atom stereocenters. The largest absolute Gasteiger partial charge is 0.507 e. The van der Waals surface area contributed by atoms with E-state index in [0.717, 1.165) is 10.8 Å². The Kier molecular flexibility index (Phi) is 3.14. The molecule has 168 valence electrons. The van der Waals surface area contributed by atoms with Crippen LogP contribution >= 0.6 is 0 Å². The zero-order valence-electron chi connectivity index (χ0n) is 18.1. The van der Waals surface area contributed by atoms with Gasteiger partial charge in [0.1, 0.15) is 28.8 Å². The third kappa shape index (κ3) is 2.02. The van der Waals surface area contributed by atoms with Crippen LogP contribution < -0.4 is 9.47 Å². The maximum Gasteiger partial charge on any atom is 0.292 e. The zero-order valence-corrected chi connectivity index (χ0v) is 18.1. The second-order valence-electron chi connectivity index (χ2n) is 9.44. The third-order valence-electron chi connectivity index (χ3n) is 7.71. The van der Waals surface area contributed by atoms with E-state index in [1.165, 1.54) is 24.3 Å². The summed E-state index contributed by atoms with van der Waals surface area (Å²) in [4.78, 5) is 26.1. The van der Waals surface area contributed by atoms with Crippen molar-refractivity contribution in [1.82, 2.24) is 0 Å². The van der Waals surface area contributed by atoms with Crippen LogP contribution in [0.15, 0.2) is 72.8 Å². The molecule has 0 radical (unpaired) electrons. The molecule has 0 amide bonds. The van der Waals surface area contributed by atoms with Crippen LogP contribution in [0.2, 0.25) is 0 Å². The highest BCUT2D eigenvalue weighted by Crippen LogP contribution is 2.62. The fourth-order valence-electron chi connectivity index (χ4n) is 6.36. The van der Waals surface area contributed by atoms with E-state index in [-0.39, 0.29) is 22.9 Å². The minimum absolute atomic E-state index is 0.129. The second-order valence-corrected chi connectivity index (χ2v) is 9.44. The van der Waals surface area contributed by atoms with Gasteiger partial charge < -0.3 is 19.7 Å². The Balaban J connectivity index is 1.53. The number of hydrogen-bond donors (Lipinski definition) is 2. The lowest BCUT2D eigenvalue weighted by Crippen LogP contribution is -2.51. The van der Waals surface area contributed by atoms with E-state index >= 15 is 0 Å². The number of allylic oxidation sites excluding steroid dienone is 2. The zero-order chi connectivity index (χ0) is 23.7. The molecule has 1 aliphatic heterocycles. The molecule has 2 N–H and O–H groups in total. The number of phenols is 1. The number of fused-ring (bicyclic) bond motifs is 6. The average molecular weight is 460 g/mol. The van der Waals surface area contributed by atoms with Crippen LogP contribution in [0.4, 0.5) is 0 Å². The molecular weight excluding hydrogens is 444 g/mol. The number of benzene rings is 4. The van der Waals surface area contributed by atoms with Crippen LogP contribution in [-0.4, -0.2) is 21.8 Å². The van der Waals surface area contributed by atoms with E-state index in [1.807, 2.05) is 36.4 Å². The first kappa shape index (κ1) is 18.9. The highest BCUT2D eigenvalue weighted by atomic mass is 16.7. The lowest BCUT2D eigenvalue weighted by Gasteiger charge is -2.40. The molecule has 0 fully saturated rings. The van der Waals surface area contributed by atoms with Crippen molar-refractivity contribution in [3.63, 3.8) is 0 Å². The first-order chi connectivity index (χ1) is 16.9. The number of aliphatic hydroxyl groups is 1. The van der Waals surface area contributed by atoms with E-state index in [1.54, 1.807) is 18.2 Å². The summed E-state index contributed by atoms with van der Waals surface area (Å²) in [5, 5.41) is 25.4. The number of hydrogen-bond acceptors (Lipinski definition) is 6. The first-order valence-corrected chi connectivity index (χ1v) is 11.3. The molecule has 0 saturated heterocycles. The molecule has 1 spiro atoms. The molecule has 4 aliphatic rings. The summed E-state index contributed by atoms with van der Waals surface area (Å²) in [7, 11) is 0. The van der Waals surface area contributed by atoms with Crippen molar-refractivity contribution in [3.05, 3.63) is 95.1 Å². The van der Waals surface area contributed by atoms with Gasteiger partial charge in [-0.05, 0) is 58.8 Å². The summed E-state index contributed by atoms with van der Waals surface area (Å²) in [6, 6.07) is 16.2. The number of phenolic OH excluding ortho intramolecular Hbond substituents is 1. The van der Waals surface area contributed by atoms with Crippen molar-refractivity contribution in [2.75, 3.05) is 0 Å². The molecular formula is C29H16O6. The monoisotopic (exact) mass is 460 g/mol. The number of ether oxygens (including phenoxy) is 2. The standard InChI is InChI=1S/C29H16O6/c30-18-9-7-15-13-17-26(16-8-10-19(31)25(18)23(15)16)29(27-20(32)11-12-28(17,27)33)34-21-5-1-3-14-4-2-6-22(35-29)24(14)21/h1-13,27,31,33H. The van der Waals surface area contributed by atoms with Gasteiger partial charge in [0.25, 0.3) is 5.79 Å². The Morgan fingerprint density at radius 3 is 2.34 bits per heavy atom. The Labute approximate surface area is 198 Å². The van der Waals surface area contributed by atoms with E-state index in [9.17, 15) is 19.8 Å². The van der Waals surface area contributed by atoms with Crippen LogP contribution in [0.1, 0.15) is 27.0 Å². The smallest absolute Gasteiger partial charge is 0.292 e. The Morgan fingerprint density at radius 2 is 1.60 bits per heavy atom. The molecule has 4 aromatic carbocycles. The van der Waals surface area contributed by atoms with Gasteiger partial charge in [0.15, 0.2) is 11.6 Å². The van der Waals surface area contributed by atoms with Crippen LogP contribution in [0.3, 0.4) is 0 Å². The molecule has 0 bridgehead atoms. The van der Waals surface area contributed by atoms with Gasteiger partial charge in [-0.25, -0.2) is 0 Å². The molecule has 35 heavy (non-hydrogen) atoms. The number of carbonyl (C=O) groups is 2. The Hall–Kier alpha value is -4.42. The van der Waals surface area contributed by atoms with Gasteiger partial charge in [0, 0.05) is 10.9 Å². The normalized spacial score (nSPS) is 24.1. The highest BCUT2D eigenvalue weighted by molar-refractivity contribution is 6.22. The summed E-state index contributed by atoms with van der Waals surface area (Å²) < 4.78 is 13.2. The molecule has 8 rings (SSSR count). The van der Waals surface area contributed by atoms with E-state index in [4.69, 9.17) is 9.47 Å². The minimum Gasteiger partial charge on any atom is -0.507 e. The minimum atomic E-state index is -1.68. The summed E-state index contributed by atoms with van der Waals surface area (Å²) in [6.45, 7) is 0. The van der Waals surface area contributed by atoms with Gasteiger partial charge >= 0.3 is 0 Å². The molecule has 0 saturated carbocycles. The fourth-order valence-corrected chi connectivity index (χ4v) is 6.36. The maximum atomic E-state index is 13.3. The third-order valence-corrected chi connectivity index (χ3v) is 7.71. The number of aromatic hydroxyl groups is 1. The van der Waals surface area contributed by atoms with Crippen molar-refractivity contribution in [3.8, 4) is 17.2 Å². The van der Waals surface area contributed by atoms with Crippen molar-refractivity contribution in [1.29, 1.82) is 0 Å². The fraction of sp³-hybridized carbons (Fsp3) is 0.103. The van der Waals surface area contributed by atoms with Crippen molar-refractivity contribution in [2.24, 2.45) is 5.92 Å². The highest BCUT2D eigenvalue weighted by Gasteiger charge is 2.69. The lowest BCUT2D eigenvalue weighted by molar-refractivity contribution is -0.191. The van der Waals surface area contributed by atoms with E-state index in [2.05, 4.69) is 0 Å². The topological polar surface area (TPSA) is 93.1 Å². The molecule has 6 nitrogen and oxygen atoms in total. The molecule has 3 aliphatic carbocycles. The summed E-state index contributed by atoms with van der Waals surface area (Å²) in [6.07, 6.45) is 5.94. The Morgan fingerprint density at radius 1 is 0.857 bits per heavy atom. The number of carbonyl (C=O) groups excluding carboxylic acids is 2. The number of ketones is 2. The predicted molar refractivity (Wildman–Crippen MR) is 127 cm³/mol. The van der Waals surface area contributed by atoms with E-state index in [0.29, 0.717) is 39.0 Å². The molecule has 6 heteroatoms. The predicted octanol–water partition coefficient (Wildman–Crippen LogP) is 4.49. The van der Waals surface area contributed by atoms with Crippen molar-refractivity contribution >= 4 is 39.2 Å². The summed E-state index contributed by atoms with van der Waals surface area (Å²) >= 11 is 0. The lowest BCUT2D eigenvalue weighted by atomic mass is 9.85. The summed E-state index contributed by atoms with van der Waals surface area (Å²) in [5.41, 5.74) is 0.151. The first-order valence-electron chi connectivity index (χ1n) is 11.3. The van der Waals surface area contributed by atoms with Gasteiger partial charge in [-0.15, -0.1) is 0 Å².